The quantitative estimate of drug-likeness (QED) is 0.940. The largest absolute Gasteiger partial charge is 0.449 e. The van der Waals surface area contributed by atoms with E-state index >= 15 is 0 Å². The lowest BCUT2D eigenvalue weighted by Gasteiger charge is -2.07. The molecule has 2 aromatic rings. The zero-order valence-electron chi connectivity index (χ0n) is 12.4. The molecule has 1 N–H and O–H groups in total. The van der Waals surface area contributed by atoms with Crippen LogP contribution in [0.2, 0.25) is 0 Å². The summed E-state index contributed by atoms with van der Waals surface area (Å²) in [5.41, 5.74) is 1.36. The molecule has 0 fully saturated rings. The number of nitrogens with zero attached hydrogens (tertiary/aromatic N) is 2. The van der Waals surface area contributed by atoms with Crippen molar-refractivity contribution in [2.24, 2.45) is 7.05 Å². The lowest BCUT2D eigenvalue weighted by Crippen LogP contribution is -2.23. The molecule has 1 heterocycles. The number of hydrogen-bond acceptors (Lipinski definition) is 3. The van der Waals surface area contributed by atoms with E-state index in [-0.39, 0.29) is 11.2 Å². The van der Waals surface area contributed by atoms with Gasteiger partial charge in [0.05, 0.1) is 18.0 Å². The van der Waals surface area contributed by atoms with Crippen LogP contribution in [0.25, 0.3) is 5.69 Å². The first-order chi connectivity index (χ1) is 10.1. The lowest BCUT2D eigenvalue weighted by molar-refractivity contribution is 0.161. The van der Waals surface area contributed by atoms with E-state index in [4.69, 9.17) is 4.74 Å². The van der Waals surface area contributed by atoms with Crippen LogP contribution in [0.3, 0.4) is 0 Å². The molecule has 2 rings (SSSR count). The molecule has 1 amide bonds. The van der Waals surface area contributed by atoms with Crippen molar-refractivity contribution in [1.29, 1.82) is 0 Å². The van der Waals surface area contributed by atoms with Crippen LogP contribution >= 0.6 is 0 Å². The number of rotatable bonds is 4. The number of carbonyl (C=O) groups is 1. The van der Waals surface area contributed by atoms with E-state index in [1.807, 2.05) is 37.3 Å². The van der Waals surface area contributed by atoms with Crippen molar-refractivity contribution in [2.75, 3.05) is 11.9 Å². The number of benzene rings is 1. The second kappa shape index (κ2) is 6.30. The third-order valence-electron chi connectivity index (χ3n) is 3.22. The first-order valence-electron chi connectivity index (χ1n) is 6.84. The fourth-order valence-corrected chi connectivity index (χ4v) is 2.05. The van der Waals surface area contributed by atoms with Crippen molar-refractivity contribution in [3.63, 3.8) is 0 Å². The van der Waals surface area contributed by atoms with Gasteiger partial charge in [0.15, 0.2) is 0 Å². The molecule has 0 aliphatic heterocycles. The topological polar surface area (TPSA) is 65.3 Å². The average molecular weight is 289 g/mol. The zero-order chi connectivity index (χ0) is 15.4. The van der Waals surface area contributed by atoms with E-state index in [1.165, 1.54) is 4.68 Å². The van der Waals surface area contributed by atoms with Gasteiger partial charge in [-0.15, -0.1) is 0 Å². The fraction of sp³-hybridized carbons (Fsp3) is 0.333. The number of para-hydroxylation sites is 1. The molecular formula is C15H19N3O3. The Hall–Kier alpha value is -2.50. The maximum atomic E-state index is 12.5. The summed E-state index contributed by atoms with van der Waals surface area (Å²) in [4.78, 5) is 24.1. The van der Waals surface area contributed by atoms with Crippen LogP contribution in [0.4, 0.5) is 10.5 Å². The molecule has 0 radical (unpaired) electrons. The minimum Gasteiger partial charge on any atom is -0.449 e. The smallest absolute Gasteiger partial charge is 0.411 e. The summed E-state index contributed by atoms with van der Waals surface area (Å²) in [6.07, 6.45) is 0.123. The fourth-order valence-electron chi connectivity index (χ4n) is 2.05. The summed E-state index contributed by atoms with van der Waals surface area (Å²) < 4.78 is 8.16. The predicted molar refractivity (Wildman–Crippen MR) is 81.0 cm³/mol. The molecule has 6 heteroatoms. The van der Waals surface area contributed by atoms with Gasteiger partial charge in [0, 0.05) is 7.05 Å². The van der Waals surface area contributed by atoms with E-state index in [2.05, 4.69) is 5.32 Å². The van der Waals surface area contributed by atoms with Crippen molar-refractivity contribution >= 4 is 11.8 Å². The van der Waals surface area contributed by atoms with Crippen LogP contribution < -0.4 is 10.9 Å². The van der Waals surface area contributed by atoms with E-state index in [9.17, 15) is 9.59 Å². The van der Waals surface area contributed by atoms with Gasteiger partial charge in [-0.1, -0.05) is 25.1 Å². The van der Waals surface area contributed by atoms with Crippen LogP contribution in [0.15, 0.2) is 35.1 Å². The lowest BCUT2D eigenvalue weighted by atomic mass is 10.3. The van der Waals surface area contributed by atoms with Crippen LogP contribution in [0, 0.1) is 6.92 Å². The monoisotopic (exact) mass is 289 g/mol. The number of hydrogen-bond donors (Lipinski definition) is 1. The summed E-state index contributed by atoms with van der Waals surface area (Å²) >= 11 is 0. The molecule has 1 aromatic carbocycles. The first-order valence-corrected chi connectivity index (χ1v) is 6.84. The van der Waals surface area contributed by atoms with Gasteiger partial charge in [0.25, 0.3) is 5.56 Å². The SMILES string of the molecule is CCCOC(=O)Nc1c(C)n(C)n(-c2ccccc2)c1=O. The van der Waals surface area contributed by atoms with Crippen molar-refractivity contribution in [2.45, 2.75) is 20.3 Å². The Morgan fingerprint density at radius 3 is 2.57 bits per heavy atom. The number of anilines is 1. The zero-order valence-corrected chi connectivity index (χ0v) is 12.4. The molecule has 0 saturated carbocycles. The third kappa shape index (κ3) is 2.99. The van der Waals surface area contributed by atoms with Gasteiger partial charge >= 0.3 is 6.09 Å². The number of carbonyl (C=O) groups excluding carboxylic acids is 1. The molecule has 6 nitrogen and oxygen atoms in total. The van der Waals surface area contributed by atoms with Gasteiger partial charge in [-0.2, -0.15) is 0 Å². The Bertz CT molecular complexity index is 686. The minimum absolute atomic E-state index is 0.238. The van der Waals surface area contributed by atoms with Crippen LogP contribution in [0.5, 0.6) is 0 Å². The van der Waals surface area contributed by atoms with Gasteiger partial charge in [-0.25, -0.2) is 9.48 Å². The molecule has 1 aromatic heterocycles. The highest BCUT2D eigenvalue weighted by Crippen LogP contribution is 2.14. The molecule has 112 valence electrons. The third-order valence-corrected chi connectivity index (χ3v) is 3.22. The molecule has 0 aliphatic carbocycles. The number of ether oxygens (including phenoxy) is 1. The molecule has 0 bridgehead atoms. The van der Waals surface area contributed by atoms with Gasteiger partial charge in [-0.3, -0.25) is 14.8 Å². The maximum absolute atomic E-state index is 12.5. The first kappa shape index (κ1) is 14.9. The van der Waals surface area contributed by atoms with Crippen molar-refractivity contribution in [3.8, 4) is 5.69 Å². The van der Waals surface area contributed by atoms with E-state index in [0.29, 0.717) is 12.3 Å². The van der Waals surface area contributed by atoms with E-state index in [0.717, 1.165) is 12.1 Å². The average Bonchev–Trinajstić information content (AvgIpc) is 2.70. The van der Waals surface area contributed by atoms with Gasteiger partial charge in [0.1, 0.15) is 5.69 Å². The second-order valence-electron chi connectivity index (χ2n) is 4.70. The number of amides is 1. The highest BCUT2D eigenvalue weighted by molar-refractivity contribution is 5.85. The standard InChI is InChI=1S/C15H19N3O3/c1-4-10-21-15(20)16-13-11(2)17(3)18(14(13)19)12-8-6-5-7-9-12/h5-9H,4,10H2,1-3H3,(H,16,20). The maximum Gasteiger partial charge on any atom is 0.411 e. The summed E-state index contributed by atoms with van der Waals surface area (Å²) in [6, 6.07) is 9.26. The van der Waals surface area contributed by atoms with Gasteiger partial charge in [-0.05, 0) is 25.5 Å². The highest BCUT2D eigenvalue weighted by Gasteiger charge is 2.18. The Kier molecular flexibility index (Phi) is 4.47. The molecule has 0 aliphatic rings. The van der Waals surface area contributed by atoms with Gasteiger partial charge < -0.3 is 4.74 Å². The molecule has 0 saturated heterocycles. The normalized spacial score (nSPS) is 10.4. The van der Waals surface area contributed by atoms with Crippen LogP contribution in [0.1, 0.15) is 19.0 Å². The Morgan fingerprint density at radius 1 is 1.29 bits per heavy atom. The van der Waals surface area contributed by atoms with Crippen LogP contribution in [-0.4, -0.2) is 22.1 Å². The Morgan fingerprint density at radius 2 is 1.95 bits per heavy atom. The van der Waals surface area contributed by atoms with Gasteiger partial charge in [0.2, 0.25) is 0 Å². The summed E-state index contributed by atoms with van der Waals surface area (Å²) in [6.45, 7) is 4.00. The van der Waals surface area contributed by atoms with E-state index < -0.39 is 6.09 Å². The number of nitrogens with one attached hydrogen (secondary N) is 1. The summed E-state index contributed by atoms with van der Waals surface area (Å²) in [5, 5.41) is 2.53. The molecular weight excluding hydrogens is 270 g/mol. The summed E-state index contributed by atoms with van der Waals surface area (Å²) in [5.74, 6) is 0. The van der Waals surface area contributed by atoms with Crippen molar-refractivity contribution in [1.82, 2.24) is 9.36 Å². The number of aromatic nitrogens is 2. The molecule has 0 unspecified atom stereocenters. The Labute approximate surface area is 122 Å². The van der Waals surface area contributed by atoms with Crippen molar-refractivity contribution in [3.05, 3.63) is 46.4 Å². The molecule has 0 spiro atoms. The Balaban J connectivity index is 2.37. The van der Waals surface area contributed by atoms with Crippen molar-refractivity contribution < 1.29 is 9.53 Å². The van der Waals surface area contributed by atoms with Crippen LogP contribution in [-0.2, 0) is 11.8 Å². The highest BCUT2D eigenvalue weighted by atomic mass is 16.5. The molecule has 21 heavy (non-hydrogen) atoms. The van der Waals surface area contributed by atoms with E-state index in [1.54, 1.807) is 18.7 Å². The predicted octanol–water partition coefficient (Wildman–Crippen LogP) is 2.44. The molecule has 0 atom stereocenters. The summed E-state index contributed by atoms with van der Waals surface area (Å²) in [7, 11) is 1.77. The second-order valence-corrected chi connectivity index (χ2v) is 4.70. The minimum atomic E-state index is -0.608.